The van der Waals surface area contributed by atoms with Gasteiger partial charge in [0.15, 0.2) is 0 Å². The Balaban J connectivity index is 2.54. The molecule has 0 amide bonds. The fourth-order valence-electron chi connectivity index (χ4n) is 1.60. The van der Waals surface area contributed by atoms with E-state index in [0.717, 1.165) is 17.8 Å². The van der Waals surface area contributed by atoms with Crippen LogP contribution in [0.5, 0.6) is 0 Å². The van der Waals surface area contributed by atoms with Crippen molar-refractivity contribution in [3.05, 3.63) is 24.0 Å². The zero-order valence-electron chi connectivity index (χ0n) is 6.36. The Hall–Kier alpha value is -1.25. The van der Waals surface area contributed by atoms with Crippen molar-refractivity contribution < 1.29 is 5.21 Å². The molecule has 0 saturated heterocycles. The fourth-order valence-corrected chi connectivity index (χ4v) is 1.60. The van der Waals surface area contributed by atoms with Gasteiger partial charge in [0.25, 0.3) is 0 Å². The molecule has 0 aromatic carbocycles. The summed E-state index contributed by atoms with van der Waals surface area (Å²) in [7, 11) is 0. The first-order valence-electron chi connectivity index (χ1n) is 3.71. The second-order valence-electron chi connectivity index (χ2n) is 2.90. The van der Waals surface area contributed by atoms with Crippen molar-refractivity contribution in [3.63, 3.8) is 0 Å². The lowest BCUT2D eigenvalue weighted by Crippen LogP contribution is -1.94. The molecule has 1 aliphatic rings. The normalized spacial score (nSPS) is 25.9. The summed E-state index contributed by atoms with van der Waals surface area (Å²) in [4.78, 5) is 0. The number of hydrogen-bond acceptors (Lipinski definition) is 2. The molecular formula is C8H10N2O. The van der Waals surface area contributed by atoms with Gasteiger partial charge in [-0.3, -0.25) is 0 Å². The van der Waals surface area contributed by atoms with Crippen LogP contribution >= 0.6 is 0 Å². The molecule has 1 unspecified atom stereocenters. The molecule has 1 N–H and O–H groups in total. The van der Waals surface area contributed by atoms with E-state index in [1.807, 2.05) is 18.3 Å². The molecule has 1 aliphatic heterocycles. The van der Waals surface area contributed by atoms with Gasteiger partial charge in [-0.15, -0.1) is 0 Å². The van der Waals surface area contributed by atoms with Crippen molar-refractivity contribution in [1.82, 2.24) is 4.57 Å². The molecule has 1 atom stereocenters. The van der Waals surface area contributed by atoms with Crippen LogP contribution in [-0.4, -0.2) is 15.5 Å². The molecule has 0 bridgehead atoms. The monoisotopic (exact) mass is 150 g/mol. The molecule has 58 valence electrons. The van der Waals surface area contributed by atoms with Crippen molar-refractivity contribution in [2.24, 2.45) is 5.16 Å². The smallest absolute Gasteiger partial charge is 0.105 e. The first-order valence-corrected chi connectivity index (χ1v) is 3.71. The highest BCUT2D eigenvalue weighted by Gasteiger charge is 2.23. The molecule has 0 aliphatic carbocycles. The van der Waals surface area contributed by atoms with Crippen LogP contribution in [0.3, 0.4) is 0 Å². The summed E-state index contributed by atoms with van der Waals surface area (Å²) in [6, 6.07) is 4.38. The maximum atomic E-state index is 8.62. The minimum absolute atomic E-state index is 0.436. The largest absolute Gasteiger partial charge is 0.411 e. The van der Waals surface area contributed by atoms with Gasteiger partial charge in [-0.25, -0.2) is 0 Å². The molecular weight excluding hydrogens is 140 g/mol. The van der Waals surface area contributed by atoms with Crippen LogP contribution in [0.15, 0.2) is 23.5 Å². The summed E-state index contributed by atoms with van der Waals surface area (Å²) in [5.74, 6) is 0. The Labute approximate surface area is 64.9 Å². The third-order valence-electron chi connectivity index (χ3n) is 2.16. The number of fused-ring (bicyclic) bond motifs is 1. The highest BCUT2D eigenvalue weighted by atomic mass is 16.4. The molecule has 2 heterocycles. The standard InChI is InChI=1S/C8H10N2O/c1-6-5-7(9-11)8-3-2-4-10(6)8/h2-4,6,11H,5H2,1H3. The van der Waals surface area contributed by atoms with Crippen LogP contribution < -0.4 is 0 Å². The molecule has 0 fully saturated rings. The number of hydrogen-bond donors (Lipinski definition) is 1. The predicted octanol–water partition coefficient (Wildman–Crippen LogP) is 1.63. The summed E-state index contributed by atoms with van der Waals surface area (Å²) in [5, 5.41) is 11.9. The lowest BCUT2D eigenvalue weighted by Gasteiger charge is -2.02. The molecule has 3 nitrogen and oxygen atoms in total. The van der Waals surface area contributed by atoms with Gasteiger partial charge >= 0.3 is 0 Å². The Morgan fingerprint density at radius 3 is 3.27 bits per heavy atom. The quantitative estimate of drug-likeness (QED) is 0.443. The van der Waals surface area contributed by atoms with Gasteiger partial charge in [-0.2, -0.15) is 0 Å². The SMILES string of the molecule is CC1CC(=NO)c2cccn21. The summed E-state index contributed by atoms with van der Waals surface area (Å²) < 4.78 is 2.12. The first kappa shape index (κ1) is 6.46. The van der Waals surface area contributed by atoms with E-state index >= 15 is 0 Å². The van der Waals surface area contributed by atoms with E-state index in [0.29, 0.717) is 6.04 Å². The third-order valence-corrected chi connectivity index (χ3v) is 2.16. The molecule has 1 aromatic heterocycles. The van der Waals surface area contributed by atoms with Crippen LogP contribution in [0.1, 0.15) is 25.1 Å². The summed E-state index contributed by atoms with van der Waals surface area (Å²) >= 11 is 0. The molecule has 1 aromatic rings. The van der Waals surface area contributed by atoms with Gasteiger partial charge < -0.3 is 9.77 Å². The molecule has 3 heteroatoms. The van der Waals surface area contributed by atoms with Gasteiger partial charge in [0.1, 0.15) is 5.71 Å². The number of rotatable bonds is 0. The summed E-state index contributed by atoms with van der Waals surface area (Å²) in [6.45, 7) is 2.11. The van der Waals surface area contributed by atoms with Gasteiger partial charge in [-0.1, -0.05) is 5.16 Å². The van der Waals surface area contributed by atoms with E-state index in [1.54, 1.807) is 0 Å². The van der Waals surface area contributed by atoms with Gasteiger partial charge in [0.2, 0.25) is 0 Å². The Morgan fingerprint density at radius 2 is 2.55 bits per heavy atom. The number of nitrogens with zero attached hydrogens (tertiary/aromatic N) is 2. The first-order chi connectivity index (χ1) is 5.33. The number of oxime groups is 1. The Morgan fingerprint density at radius 1 is 1.73 bits per heavy atom. The predicted molar refractivity (Wildman–Crippen MR) is 42.1 cm³/mol. The molecule has 0 spiro atoms. The molecule has 0 saturated carbocycles. The van der Waals surface area contributed by atoms with Crippen LogP contribution in [0.2, 0.25) is 0 Å². The molecule has 11 heavy (non-hydrogen) atoms. The maximum absolute atomic E-state index is 8.62. The van der Waals surface area contributed by atoms with Crippen molar-refractivity contribution in [3.8, 4) is 0 Å². The number of aromatic nitrogens is 1. The summed E-state index contributed by atoms with van der Waals surface area (Å²) in [5.41, 5.74) is 1.84. The van der Waals surface area contributed by atoms with Gasteiger partial charge in [0, 0.05) is 18.7 Å². The van der Waals surface area contributed by atoms with E-state index in [-0.39, 0.29) is 0 Å². The lowest BCUT2D eigenvalue weighted by molar-refractivity contribution is 0.318. The highest BCUT2D eigenvalue weighted by molar-refractivity contribution is 6.01. The van der Waals surface area contributed by atoms with E-state index in [9.17, 15) is 0 Å². The Bertz CT molecular complexity index is 301. The van der Waals surface area contributed by atoms with Crippen molar-refractivity contribution in [2.45, 2.75) is 19.4 Å². The van der Waals surface area contributed by atoms with Crippen molar-refractivity contribution in [2.75, 3.05) is 0 Å². The van der Waals surface area contributed by atoms with Gasteiger partial charge in [-0.05, 0) is 19.1 Å². The second kappa shape index (κ2) is 2.12. The van der Waals surface area contributed by atoms with Gasteiger partial charge in [0.05, 0.1) is 5.69 Å². The van der Waals surface area contributed by atoms with Crippen LogP contribution in [0.4, 0.5) is 0 Å². The highest BCUT2D eigenvalue weighted by Crippen LogP contribution is 2.25. The minimum Gasteiger partial charge on any atom is -0.411 e. The lowest BCUT2D eigenvalue weighted by atomic mass is 10.2. The average molecular weight is 150 g/mol. The topological polar surface area (TPSA) is 37.5 Å². The summed E-state index contributed by atoms with van der Waals surface area (Å²) in [6.07, 6.45) is 2.85. The van der Waals surface area contributed by atoms with E-state index < -0.39 is 0 Å². The van der Waals surface area contributed by atoms with E-state index in [2.05, 4.69) is 16.6 Å². The average Bonchev–Trinajstić information content (AvgIpc) is 2.54. The van der Waals surface area contributed by atoms with Crippen molar-refractivity contribution >= 4 is 5.71 Å². The fraction of sp³-hybridized carbons (Fsp3) is 0.375. The maximum Gasteiger partial charge on any atom is 0.105 e. The van der Waals surface area contributed by atoms with Crippen LogP contribution in [0, 0.1) is 0 Å². The van der Waals surface area contributed by atoms with Crippen molar-refractivity contribution in [1.29, 1.82) is 0 Å². The minimum atomic E-state index is 0.436. The third kappa shape index (κ3) is 0.770. The van der Waals surface area contributed by atoms with E-state index in [4.69, 9.17) is 5.21 Å². The van der Waals surface area contributed by atoms with Crippen LogP contribution in [-0.2, 0) is 0 Å². The molecule has 0 radical (unpaired) electrons. The molecule has 2 rings (SSSR count). The second-order valence-corrected chi connectivity index (χ2v) is 2.90. The van der Waals surface area contributed by atoms with Crippen LogP contribution in [0.25, 0.3) is 0 Å². The van der Waals surface area contributed by atoms with E-state index in [1.165, 1.54) is 0 Å². The zero-order valence-corrected chi connectivity index (χ0v) is 6.36. The Kier molecular flexibility index (Phi) is 1.24. The zero-order chi connectivity index (χ0) is 7.84.